The van der Waals surface area contributed by atoms with Crippen molar-refractivity contribution in [2.75, 3.05) is 0 Å². The minimum absolute atomic E-state index is 0.0770. The van der Waals surface area contributed by atoms with Gasteiger partial charge in [-0.3, -0.25) is 4.79 Å². The molecule has 0 spiro atoms. The van der Waals surface area contributed by atoms with Crippen LogP contribution < -0.4 is 5.32 Å². The van der Waals surface area contributed by atoms with Crippen molar-refractivity contribution in [3.05, 3.63) is 59.5 Å². The standard InChI is InChI=1S/C16H17NO4/c1-11-5-7-13(8-6-11)10-17-15(18)12(2)21-16(19)14-4-3-9-20-14/h3-9,12H,10H2,1-2H3,(H,17,18)/t12-/m1/s1. The highest BCUT2D eigenvalue weighted by molar-refractivity contribution is 5.89. The largest absolute Gasteiger partial charge is 0.457 e. The van der Waals surface area contributed by atoms with E-state index in [1.165, 1.54) is 19.3 Å². The third-order valence-corrected chi connectivity index (χ3v) is 2.96. The number of carbonyl (C=O) groups excluding carboxylic acids is 2. The van der Waals surface area contributed by atoms with E-state index in [4.69, 9.17) is 9.15 Å². The van der Waals surface area contributed by atoms with Crippen LogP contribution in [0.2, 0.25) is 0 Å². The van der Waals surface area contributed by atoms with Gasteiger partial charge in [-0.25, -0.2) is 4.79 Å². The number of nitrogens with one attached hydrogen (secondary N) is 1. The number of hydrogen-bond donors (Lipinski definition) is 1. The van der Waals surface area contributed by atoms with Crippen LogP contribution >= 0.6 is 0 Å². The summed E-state index contributed by atoms with van der Waals surface area (Å²) in [5.74, 6) is -0.929. The normalized spacial score (nSPS) is 11.7. The summed E-state index contributed by atoms with van der Waals surface area (Å²) in [6, 6.07) is 10.9. The zero-order valence-corrected chi connectivity index (χ0v) is 12.0. The predicted octanol–water partition coefficient (Wildman–Crippen LogP) is 2.45. The number of benzene rings is 1. The second-order valence-electron chi connectivity index (χ2n) is 4.73. The number of aryl methyl sites for hydroxylation is 1. The summed E-state index contributed by atoms with van der Waals surface area (Å²) in [5, 5.41) is 2.72. The van der Waals surface area contributed by atoms with Crippen molar-refractivity contribution >= 4 is 11.9 Å². The zero-order valence-electron chi connectivity index (χ0n) is 12.0. The van der Waals surface area contributed by atoms with Crippen molar-refractivity contribution < 1.29 is 18.7 Å². The third kappa shape index (κ3) is 4.21. The molecule has 2 aromatic rings. The van der Waals surface area contributed by atoms with Crippen molar-refractivity contribution in [3.63, 3.8) is 0 Å². The molecule has 0 fully saturated rings. The molecule has 0 saturated heterocycles. The molecule has 0 aliphatic rings. The molecule has 1 amide bonds. The molecular formula is C16H17NO4. The van der Waals surface area contributed by atoms with Gasteiger partial charge in [0.2, 0.25) is 5.76 Å². The molecule has 0 aliphatic heterocycles. The number of hydrogen-bond acceptors (Lipinski definition) is 4. The lowest BCUT2D eigenvalue weighted by molar-refractivity contribution is -0.129. The van der Waals surface area contributed by atoms with Gasteiger partial charge in [0.1, 0.15) is 0 Å². The Kier molecular flexibility index (Phi) is 4.77. The van der Waals surface area contributed by atoms with Crippen molar-refractivity contribution in [2.45, 2.75) is 26.5 Å². The summed E-state index contributed by atoms with van der Waals surface area (Å²) in [6.45, 7) is 3.91. The van der Waals surface area contributed by atoms with Crippen molar-refractivity contribution in [3.8, 4) is 0 Å². The Morgan fingerprint density at radius 1 is 1.24 bits per heavy atom. The van der Waals surface area contributed by atoms with Gasteiger partial charge >= 0.3 is 5.97 Å². The first-order valence-electron chi connectivity index (χ1n) is 6.64. The summed E-state index contributed by atoms with van der Waals surface area (Å²) in [7, 11) is 0. The van der Waals surface area contributed by atoms with Gasteiger partial charge < -0.3 is 14.5 Å². The van der Waals surface area contributed by atoms with E-state index < -0.39 is 12.1 Å². The predicted molar refractivity (Wildman–Crippen MR) is 76.6 cm³/mol. The maximum absolute atomic E-state index is 11.9. The van der Waals surface area contributed by atoms with Gasteiger partial charge in [0.05, 0.1) is 6.26 Å². The van der Waals surface area contributed by atoms with Crippen LogP contribution in [0.15, 0.2) is 47.1 Å². The van der Waals surface area contributed by atoms with E-state index in [9.17, 15) is 9.59 Å². The summed E-state index contributed by atoms with van der Waals surface area (Å²) in [5.41, 5.74) is 2.14. The Labute approximate surface area is 122 Å². The fourth-order valence-corrected chi connectivity index (χ4v) is 1.71. The quantitative estimate of drug-likeness (QED) is 0.858. The van der Waals surface area contributed by atoms with E-state index >= 15 is 0 Å². The molecule has 1 aromatic heterocycles. The zero-order chi connectivity index (χ0) is 15.2. The molecule has 0 saturated carbocycles. The molecule has 0 bridgehead atoms. The minimum Gasteiger partial charge on any atom is -0.457 e. The number of furan rings is 1. The lowest BCUT2D eigenvalue weighted by atomic mass is 10.1. The third-order valence-electron chi connectivity index (χ3n) is 2.96. The maximum atomic E-state index is 11.9. The molecule has 0 unspecified atom stereocenters. The van der Waals surface area contributed by atoms with Gasteiger partial charge in [0.15, 0.2) is 6.10 Å². The molecule has 0 aliphatic carbocycles. The summed E-state index contributed by atoms with van der Waals surface area (Å²) in [6.07, 6.45) is 0.492. The molecular weight excluding hydrogens is 270 g/mol. The molecule has 5 nitrogen and oxygen atoms in total. The van der Waals surface area contributed by atoms with Crippen LogP contribution in [0.25, 0.3) is 0 Å². The first-order chi connectivity index (χ1) is 10.1. The molecule has 110 valence electrons. The van der Waals surface area contributed by atoms with Crippen LogP contribution in [0.5, 0.6) is 0 Å². The number of rotatable bonds is 5. The van der Waals surface area contributed by atoms with Gasteiger partial charge in [-0.2, -0.15) is 0 Å². The van der Waals surface area contributed by atoms with E-state index in [1.807, 2.05) is 31.2 Å². The first kappa shape index (κ1) is 14.8. The van der Waals surface area contributed by atoms with Gasteiger partial charge in [-0.05, 0) is 31.5 Å². The highest BCUT2D eigenvalue weighted by atomic mass is 16.6. The van der Waals surface area contributed by atoms with Crippen LogP contribution in [-0.2, 0) is 16.1 Å². The number of ether oxygens (including phenoxy) is 1. The molecule has 21 heavy (non-hydrogen) atoms. The Morgan fingerprint density at radius 3 is 2.57 bits per heavy atom. The average molecular weight is 287 g/mol. The number of esters is 1. The van der Waals surface area contributed by atoms with Crippen molar-refractivity contribution in [1.29, 1.82) is 0 Å². The highest BCUT2D eigenvalue weighted by Gasteiger charge is 2.20. The topological polar surface area (TPSA) is 68.5 Å². The Bertz CT molecular complexity index is 602. The fourth-order valence-electron chi connectivity index (χ4n) is 1.71. The van der Waals surface area contributed by atoms with Crippen molar-refractivity contribution in [1.82, 2.24) is 5.32 Å². The van der Waals surface area contributed by atoms with Gasteiger partial charge in [-0.15, -0.1) is 0 Å². The van der Waals surface area contributed by atoms with Crippen LogP contribution in [-0.4, -0.2) is 18.0 Å². The second kappa shape index (κ2) is 6.74. The summed E-state index contributed by atoms with van der Waals surface area (Å²) >= 11 is 0. The van der Waals surface area contributed by atoms with Crippen molar-refractivity contribution in [2.24, 2.45) is 0 Å². The fraction of sp³-hybridized carbons (Fsp3) is 0.250. The average Bonchev–Trinajstić information content (AvgIpc) is 3.00. The molecule has 1 atom stereocenters. The van der Waals surface area contributed by atoms with Crippen LogP contribution in [0.1, 0.15) is 28.6 Å². The maximum Gasteiger partial charge on any atom is 0.374 e. The van der Waals surface area contributed by atoms with E-state index in [-0.39, 0.29) is 11.7 Å². The molecule has 1 heterocycles. The Balaban J connectivity index is 1.82. The van der Waals surface area contributed by atoms with Crippen LogP contribution in [0.3, 0.4) is 0 Å². The number of amides is 1. The summed E-state index contributed by atoms with van der Waals surface area (Å²) < 4.78 is 9.93. The molecule has 0 radical (unpaired) electrons. The Morgan fingerprint density at radius 2 is 1.95 bits per heavy atom. The second-order valence-corrected chi connectivity index (χ2v) is 4.73. The highest BCUT2D eigenvalue weighted by Crippen LogP contribution is 2.06. The monoisotopic (exact) mass is 287 g/mol. The van der Waals surface area contributed by atoms with E-state index in [1.54, 1.807) is 6.07 Å². The van der Waals surface area contributed by atoms with Gasteiger partial charge in [0, 0.05) is 6.54 Å². The van der Waals surface area contributed by atoms with Crippen LogP contribution in [0.4, 0.5) is 0 Å². The van der Waals surface area contributed by atoms with E-state index in [0.29, 0.717) is 6.54 Å². The summed E-state index contributed by atoms with van der Waals surface area (Å²) in [4.78, 5) is 23.5. The van der Waals surface area contributed by atoms with Crippen LogP contribution in [0, 0.1) is 6.92 Å². The minimum atomic E-state index is -0.881. The SMILES string of the molecule is Cc1ccc(CNC(=O)[C@@H](C)OC(=O)c2ccco2)cc1. The smallest absolute Gasteiger partial charge is 0.374 e. The lowest BCUT2D eigenvalue weighted by Gasteiger charge is -2.12. The van der Waals surface area contributed by atoms with Gasteiger partial charge in [-0.1, -0.05) is 29.8 Å². The Hall–Kier alpha value is -2.56. The van der Waals surface area contributed by atoms with E-state index in [0.717, 1.165) is 11.1 Å². The lowest BCUT2D eigenvalue weighted by Crippen LogP contribution is -2.35. The van der Waals surface area contributed by atoms with Gasteiger partial charge in [0.25, 0.3) is 5.91 Å². The molecule has 2 rings (SSSR count). The molecule has 1 aromatic carbocycles. The molecule has 1 N–H and O–H groups in total. The molecule has 5 heteroatoms. The first-order valence-corrected chi connectivity index (χ1v) is 6.64. The number of carbonyl (C=O) groups is 2. The van der Waals surface area contributed by atoms with E-state index in [2.05, 4.69) is 5.32 Å².